The van der Waals surface area contributed by atoms with Crippen molar-refractivity contribution in [2.45, 2.75) is 6.18 Å². The van der Waals surface area contributed by atoms with Crippen molar-refractivity contribution in [2.75, 3.05) is 5.32 Å². The average molecular weight is 257 g/mol. The number of hydrogen-bond donors (Lipinski definition) is 1. The number of alkyl halides is 3. The van der Waals surface area contributed by atoms with E-state index in [4.69, 9.17) is 0 Å². The number of nitrogens with zero attached hydrogens (tertiary/aromatic N) is 2. The van der Waals surface area contributed by atoms with Crippen LogP contribution in [0.25, 0.3) is 0 Å². The summed E-state index contributed by atoms with van der Waals surface area (Å²) in [5.74, 6) is -1.48. The van der Waals surface area contributed by atoms with Crippen LogP contribution in [0, 0.1) is 0 Å². The minimum atomic E-state index is -4.74. The summed E-state index contributed by atoms with van der Waals surface area (Å²) < 4.78 is 41.2. The molecular formula is C10H6F3N3O2. The Bertz CT molecular complexity index is 551. The third-order valence-corrected chi connectivity index (χ3v) is 2.02. The molecular weight excluding hydrogens is 251 g/mol. The van der Waals surface area contributed by atoms with Crippen molar-refractivity contribution >= 4 is 11.7 Å². The second kappa shape index (κ2) is 4.47. The molecule has 1 aromatic carbocycles. The van der Waals surface area contributed by atoms with Crippen LogP contribution in [0.15, 0.2) is 35.0 Å². The molecule has 1 amide bonds. The number of benzene rings is 1. The first-order valence-electron chi connectivity index (χ1n) is 4.74. The summed E-state index contributed by atoms with van der Waals surface area (Å²) in [6.45, 7) is 0. The highest BCUT2D eigenvalue weighted by Gasteiger charge is 2.39. The maximum atomic E-state index is 12.4. The third-order valence-electron chi connectivity index (χ3n) is 2.02. The minimum absolute atomic E-state index is 0.202. The van der Waals surface area contributed by atoms with Crippen LogP contribution in [-0.2, 0) is 6.18 Å². The van der Waals surface area contributed by atoms with Crippen molar-refractivity contribution < 1.29 is 22.6 Å². The lowest BCUT2D eigenvalue weighted by Gasteiger charge is -2.04. The SMILES string of the molecule is O=C(Nc1nonc1C(F)(F)F)c1ccccc1. The maximum Gasteiger partial charge on any atom is 0.440 e. The fourth-order valence-corrected chi connectivity index (χ4v) is 1.23. The molecule has 8 heteroatoms. The van der Waals surface area contributed by atoms with Crippen LogP contribution >= 0.6 is 0 Å². The van der Waals surface area contributed by atoms with Crippen molar-refractivity contribution in [3.63, 3.8) is 0 Å². The van der Waals surface area contributed by atoms with Gasteiger partial charge in [0.2, 0.25) is 11.5 Å². The minimum Gasteiger partial charge on any atom is -0.302 e. The second-order valence-electron chi connectivity index (χ2n) is 3.28. The fraction of sp³-hybridized carbons (Fsp3) is 0.100. The van der Waals surface area contributed by atoms with E-state index in [0.29, 0.717) is 0 Å². The molecule has 0 fully saturated rings. The van der Waals surface area contributed by atoms with E-state index in [1.807, 2.05) is 5.32 Å². The van der Waals surface area contributed by atoms with Crippen LogP contribution in [0.1, 0.15) is 16.1 Å². The third kappa shape index (κ3) is 2.47. The molecule has 0 spiro atoms. The monoisotopic (exact) mass is 257 g/mol. The van der Waals surface area contributed by atoms with Gasteiger partial charge in [-0.2, -0.15) is 13.2 Å². The van der Waals surface area contributed by atoms with E-state index in [-0.39, 0.29) is 5.56 Å². The van der Waals surface area contributed by atoms with Crippen LogP contribution in [0.4, 0.5) is 19.0 Å². The average Bonchev–Trinajstić information content (AvgIpc) is 2.78. The Hall–Kier alpha value is -2.38. The van der Waals surface area contributed by atoms with E-state index in [1.54, 1.807) is 18.2 Å². The smallest absolute Gasteiger partial charge is 0.302 e. The van der Waals surface area contributed by atoms with Crippen LogP contribution in [-0.4, -0.2) is 16.2 Å². The molecule has 2 rings (SSSR count). The summed E-state index contributed by atoms with van der Waals surface area (Å²) in [5, 5.41) is 7.71. The molecule has 0 aliphatic rings. The Balaban J connectivity index is 2.21. The van der Waals surface area contributed by atoms with Crippen LogP contribution in [0.2, 0.25) is 0 Å². The summed E-state index contributed by atoms with van der Waals surface area (Å²) in [6, 6.07) is 7.75. The molecule has 1 aromatic heterocycles. The van der Waals surface area contributed by atoms with Crippen molar-refractivity contribution in [3.05, 3.63) is 41.6 Å². The number of hydrogen-bond acceptors (Lipinski definition) is 4. The molecule has 0 atom stereocenters. The molecule has 0 saturated carbocycles. The van der Waals surface area contributed by atoms with Gasteiger partial charge >= 0.3 is 6.18 Å². The number of amides is 1. The van der Waals surface area contributed by atoms with Gasteiger partial charge in [-0.3, -0.25) is 4.79 Å². The molecule has 1 heterocycles. The summed E-state index contributed by atoms with van der Waals surface area (Å²) in [6.07, 6.45) is -4.74. The highest BCUT2D eigenvalue weighted by atomic mass is 19.4. The summed E-state index contributed by atoms with van der Waals surface area (Å²) >= 11 is 0. The van der Waals surface area contributed by atoms with Gasteiger partial charge < -0.3 is 5.32 Å². The van der Waals surface area contributed by atoms with Crippen molar-refractivity contribution in [1.29, 1.82) is 0 Å². The lowest BCUT2D eigenvalue weighted by molar-refractivity contribution is -0.142. The Morgan fingerprint density at radius 1 is 1.17 bits per heavy atom. The highest BCUT2D eigenvalue weighted by Crippen LogP contribution is 2.32. The van der Waals surface area contributed by atoms with Crippen LogP contribution in [0.3, 0.4) is 0 Å². The van der Waals surface area contributed by atoms with Crippen LogP contribution in [0.5, 0.6) is 0 Å². The zero-order valence-electron chi connectivity index (χ0n) is 8.73. The summed E-state index contributed by atoms with van der Waals surface area (Å²) in [7, 11) is 0. The van der Waals surface area contributed by atoms with E-state index in [2.05, 4.69) is 14.9 Å². The molecule has 5 nitrogen and oxygen atoms in total. The first-order chi connectivity index (χ1) is 8.48. The Morgan fingerprint density at radius 3 is 2.44 bits per heavy atom. The molecule has 18 heavy (non-hydrogen) atoms. The molecule has 0 aliphatic heterocycles. The summed E-state index contributed by atoms with van der Waals surface area (Å²) in [5.41, 5.74) is -1.17. The molecule has 0 saturated heterocycles. The predicted molar refractivity (Wildman–Crippen MR) is 53.7 cm³/mol. The molecule has 94 valence electrons. The Labute approximate surface area is 98.6 Å². The summed E-state index contributed by atoms with van der Waals surface area (Å²) in [4.78, 5) is 11.6. The van der Waals surface area contributed by atoms with Crippen molar-refractivity contribution in [1.82, 2.24) is 10.3 Å². The van der Waals surface area contributed by atoms with Gasteiger partial charge in [-0.25, -0.2) is 4.63 Å². The Morgan fingerprint density at radius 2 is 1.83 bits per heavy atom. The maximum absolute atomic E-state index is 12.4. The van der Waals surface area contributed by atoms with Crippen LogP contribution < -0.4 is 5.32 Å². The standard InChI is InChI=1S/C10H6F3N3O2/c11-10(12,13)7-8(16-18-15-7)14-9(17)6-4-2-1-3-5-6/h1-5H,(H,14,16,17). The number of anilines is 1. The number of carbonyl (C=O) groups excluding carboxylic acids is 1. The zero-order valence-corrected chi connectivity index (χ0v) is 8.73. The number of halogens is 3. The molecule has 1 N–H and O–H groups in total. The Kier molecular flexibility index (Phi) is 3.00. The van der Waals surface area contributed by atoms with E-state index < -0.39 is 23.6 Å². The topological polar surface area (TPSA) is 68.0 Å². The lowest BCUT2D eigenvalue weighted by atomic mass is 10.2. The quantitative estimate of drug-likeness (QED) is 0.896. The number of nitrogens with one attached hydrogen (secondary N) is 1. The highest BCUT2D eigenvalue weighted by molar-refractivity contribution is 6.03. The van der Waals surface area contributed by atoms with Gasteiger partial charge in [-0.1, -0.05) is 18.2 Å². The number of aromatic nitrogens is 2. The zero-order chi connectivity index (χ0) is 13.2. The largest absolute Gasteiger partial charge is 0.440 e. The van der Waals surface area contributed by atoms with E-state index in [1.165, 1.54) is 12.1 Å². The predicted octanol–water partition coefficient (Wildman–Crippen LogP) is 2.34. The van der Waals surface area contributed by atoms with E-state index in [9.17, 15) is 18.0 Å². The first-order valence-corrected chi connectivity index (χ1v) is 4.74. The lowest BCUT2D eigenvalue weighted by Crippen LogP contribution is -2.16. The molecule has 0 unspecified atom stereocenters. The second-order valence-corrected chi connectivity index (χ2v) is 3.28. The van der Waals surface area contributed by atoms with Gasteiger partial charge in [0.05, 0.1) is 0 Å². The molecule has 0 bridgehead atoms. The molecule has 2 aromatic rings. The van der Waals surface area contributed by atoms with Crippen molar-refractivity contribution in [2.24, 2.45) is 0 Å². The van der Waals surface area contributed by atoms with Gasteiger partial charge in [0.15, 0.2) is 0 Å². The fourth-order valence-electron chi connectivity index (χ4n) is 1.23. The molecule has 0 aliphatic carbocycles. The number of rotatable bonds is 2. The van der Waals surface area contributed by atoms with E-state index >= 15 is 0 Å². The van der Waals surface area contributed by atoms with Gasteiger partial charge in [-0.15, -0.1) is 0 Å². The van der Waals surface area contributed by atoms with Crippen molar-refractivity contribution in [3.8, 4) is 0 Å². The van der Waals surface area contributed by atoms with Gasteiger partial charge in [0.1, 0.15) is 0 Å². The normalized spacial score (nSPS) is 11.3. The van der Waals surface area contributed by atoms with E-state index in [0.717, 1.165) is 0 Å². The molecule has 0 radical (unpaired) electrons. The van der Waals surface area contributed by atoms with Gasteiger partial charge in [0, 0.05) is 5.56 Å². The van der Waals surface area contributed by atoms with Gasteiger partial charge in [0.25, 0.3) is 5.91 Å². The first kappa shape index (κ1) is 12.1. The van der Waals surface area contributed by atoms with Gasteiger partial charge in [-0.05, 0) is 22.4 Å². The number of carbonyl (C=O) groups is 1.